The maximum atomic E-state index is 14.2. The molecule has 10 rings (SSSR count). The fourth-order valence-electron chi connectivity index (χ4n) is 15.7. The van der Waals surface area contributed by atoms with Gasteiger partial charge in [0.05, 0.1) is 0 Å². The normalized spacial score (nSPS) is 15.2. The van der Waals surface area contributed by atoms with Gasteiger partial charge in [-0.05, 0) is 148 Å². The Morgan fingerprint density at radius 1 is 0.287 bits per heavy atom. The number of ether oxygens (including phenoxy) is 2. The zero-order chi connectivity index (χ0) is 96.9. The third-order valence-corrected chi connectivity index (χ3v) is 23.6. The lowest BCUT2D eigenvalue weighted by molar-refractivity contribution is -0.139. The zero-order valence-corrected chi connectivity index (χ0v) is 77.3. The molecule has 32 nitrogen and oxygen atoms in total. The highest BCUT2D eigenvalue weighted by Gasteiger charge is 2.50. The van der Waals surface area contributed by atoms with Crippen molar-refractivity contribution in [3.05, 3.63) is 263 Å². The van der Waals surface area contributed by atoms with E-state index in [4.69, 9.17) is 9.47 Å². The Labute approximate surface area is 793 Å². The van der Waals surface area contributed by atoms with Crippen LogP contribution < -0.4 is 83.9 Å². The SMILES string of the molecule is C[C@H](NC(=O)[C@H](Cc1ccc(OCc2ccccc2)cc1)NC(=O)CCCCCNC(=O)CCCCCNC(=O)CCCCCNC(=O)CCCCCNC(=O)CCCCC(=O)N[C@@H](Cc1ccc(OCc2ccccc2)cc1)C(=O)N[C@@H](C)C(=O)NC(C[C@@]1(O)C(=O)Nc2ccccc21)C(=O)NCc1ccccc1)C(=O)NC(C[C@@]1(O)C(=O)Nc2ccccc21)C(=O)NCc1ccccc1. The molecule has 2 unspecified atom stereocenters. The summed E-state index contributed by atoms with van der Waals surface area (Å²) in [7, 11) is 0. The second-order valence-corrected chi connectivity index (χ2v) is 34.5. The van der Waals surface area contributed by atoms with Gasteiger partial charge in [0, 0.05) is 126 Å². The molecule has 0 fully saturated rings. The van der Waals surface area contributed by atoms with Gasteiger partial charge in [0.25, 0.3) is 11.8 Å². The first kappa shape index (κ1) is 104. The molecule has 0 saturated carbocycles. The summed E-state index contributed by atoms with van der Waals surface area (Å²) in [6, 6.07) is 56.7. The summed E-state index contributed by atoms with van der Waals surface area (Å²) in [5.41, 5.74) is 1.65. The standard InChI is InChI=1S/C104H128N14O18/c1-71(95(125)115-87(97(127)109-67-75-33-11-3-12-34-75)65-103(133)81-41-23-25-43-83(81)117-101(103)131)111-99(129)85(63-73-51-55-79(56-52-73)135-69-77-37-15-5-16-38-77)113-93(123)49-22-10-32-62-107-91(121)47-20-8-30-60-105-89(119)45-19-7-29-59-106-90(120)46-21-9-31-61-108-92(122)48-27-28-50-94(124)114-86(64-74-53-57-80(58-54-74)136-70-78-39-17-6-18-40-78)100(130)112-72(2)96(126)116-88(98(128)110-68-76-35-13-4-14-36-76)66-104(134)82-42-24-26-44-84(82)118-102(104)132/h3-6,11-18,23-26,33-44,51-58,71-72,85-88,133-134H,7-10,19-22,27-32,45-50,59-70H2,1-2H3,(H,105,119)(H,106,120)(H,107,121)(H,108,122)(H,109,127)(H,110,128)(H,111,129)(H,112,130)(H,113,123)(H,114,124)(H,115,125)(H,116,126)(H,117,131)(H,118,132)/t71-,72-,85-,86-,87?,88?,103-,104-/m0/s1. The average molecular weight is 1860 g/mol. The van der Waals surface area contributed by atoms with E-state index in [0.29, 0.717) is 170 Å². The fraction of sp³-hybridized carbons (Fsp3) is 0.404. The summed E-state index contributed by atoms with van der Waals surface area (Å²) in [4.78, 5) is 189. The number of aliphatic hydroxyl groups is 2. The van der Waals surface area contributed by atoms with E-state index in [1.54, 1.807) is 146 Å². The number of amides is 14. The first-order valence-electron chi connectivity index (χ1n) is 47.1. The fourth-order valence-corrected chi connectivity index (χ4v) is 15.7. The molecule has 32 heteroatoms. The Morgan fingerprint density at radius 3 is 0.897 bits per heavy atom. The van der Waals surface area contributed by atoms with E-state index in [1.807, 2.05) is 72.8 Å². The number of carbonyl (C=O) groups is 14. The van der Waals surface area contributed by atoms with E-state index < -0.39 is 119 Å². The van der Waals surface area contributed by atoms with Crippen molar-refractivity contribution in [2.45, 2.75) is 242 Å². The molecule has 0 radical (unpaired) electrons. The van der Waals surface area contributed by atoms with E-state index in [1.165, 1.54) is 13.8 Å². The summed E-state index contributed by atoms with van der Waals surface area (Å²) >= 11 is 0. The number of anilines is 2. The minimum absolute atomic E-state index is 0.0137. The highest BCUT2D eigenvalue weighted by Crippen LogP contribution is 2.41. The Morgan fingerprint density at radius 2 is 0.574 bits per heavy atom. The van der Waals surface area contributed by atoms with Gasteiger partial charge in [-0.15, -0.1) is 0 Å². The van der Waals surface area contributed by atoms with Gasteiger partial charge in [0.1, 0.15) is 61.0 Å². The van der Waals surface area contributed by atoms with Gasteiger partial charge in [-0.25, -0.2) is 0 Å². The molecule has 136 heavy (non-hydrogen) atoms. The lowest BCUT2D eigenvalue weighted by Crippen LogP contribution is -2.57. The number of carbonyl (C=O) groups excluding carboxylic acids is 14. The second kappa shape index (κ2) is 54.9. The van der Waals surface area contributed by atoms with Gasteiger partial charge >= 0.3 is 0 Å². The van der Waals surface area contributed by atoms with Crippen molar-refractivity contribution in [1.82, 2.24) is 63.8 Å². The molecule has 8 atom stereocenters. The van der Waals surface area contributed by atoms with Crippen LogP contribution in [0.4, 0.5) is 11.4 Å². The quantitative estimate of drug-likeness (QED) is 0.0158. The Hall–Kier alpha value is -14.1. The van der Waals surface area contributed by atoms with Crippen LogP contribution in [0.15, 0.2) is 218 Å². The van der Waals surface area contributed by atoms with E-state index in [2.05, 4.69) is 74.4 Å². The summed E-state index contributed by atoms with van der Waals surface area (Å²) in [6.45, 7) is 5.45. The third-order valence-electron chi connectivity index (χ3n) is 23.6. The summed E-state index contributed by atoms with van der Waals surface area (Å²) < 4.78 is 11.9. The number of para-hydroxylation sites is 2. The van der Waals surface area contributed by atoms with Crippen LogP contribution in [-0.2, 0) is 117 Å². The highest BCUT2D eigenvalue weighted by molar-refractivity contribution is 6.07. The van der Waals surface area contributed by atoms with Crippen LogP contribution in [0.25, 0.3) is 0 Å². The van der Waals surface area contributed by atoms with Crippen molar-refractivity contribution in [2.24, 2.45) is 0 Å². The van der Waals surface area contributed by atoms with Gasteiger partial charge < -0.3 is 94.1 Å². The number of hydrogen-bond acceptors (Lipinski definition) is 18. The number of rotatable bonds is 59. The van der Waals surface area contributed by atoms with Crippen molar-refractivity contribution < 1.29 is 86.8 Å². The molecular formula is C104H128N14O18. The molecule has 8 aromatic rings. The number of benzene rings is 8. The minimum Gasteiger partial charge on any atom is -0.489 e. The van der Waals surface area contributed by atoms with E-state index in [-0.39, 0.29) is 79.9 Å². The smallest absolute Gasteiger partial charge is 0.261 e. The lowest BCUT2D eigenvalue weighted by atomic mass is 9.88. The Bertz CT molecular complexity index is 5270. The first-order chi connectivity index (χ1) is 65.8. The third kappa shape index (κ3) is 34.7. The molecule has 14 amide bonds. The van der Waals surface area contributed by atoms with Crippen LogP contribution in [0, 0.1) is 0 Å². The van der Waals surface area contributed by atoms with Crippen molar-refractivity contribution in [3.8, 4) is 11.5 Å². The molecule has 0 aliphatic carbocycles. The van der Waals surface area contributed by atoms with E-state index in [0.717, 1.165) is 35.1 Å². The number of fused-ring (bicyclic) bond motifs is 2. The predicted molar refractivity (Wildman–Crippen MR) is 513 cm³/mol. The summed E-state index contributed by atoms with van der Waals surface area (Å²) in [5.74, 6) is -6.01. The van der Waals surface area contributed by atoms with Gasteiger partial charge in [-0.2, -0.15) is 0 Å². The van der Waals surface area contributed by atoms with Crippen LogP contribution in [0.1, 0.15) is 200 Å². The van der Waals surface area contributed by atoms with Crippen LogP contribution in [-0.4, -0.2) is 155 Å². The molecule has 722 valence electrons. The summed E-state index contributed by atoms with van der Waals surface area (Å²) in [5, 5.41) is 62.6. The lowest BCUT2D eigenvalue weighted by Gasteiger charge is -2.28. The van der Waals surface area contributed by atoms with Gasteiger partial charge in [0.2, 0.25) is 70.9 Å². The predicted octanol–water partition coefficient (Wildman–Crippen LogP) is 8.94. The monoisotopic (exact) mass is 1860 g/mol. The molecule has 2 aliphatic heterocycles. The summed E-state index contributed by atoms with van der Waals surface area (Å²) in [6.07, 6.45) is 8.78. The van der Waals surface area contributed by atoms with Crippen LogP contribution in [0.2, 0.25) is 0 Å². The van der Waals surface area contributed by atoms with Gasteiger partial charge in [0.15, 0.2) is 11.2 Å². The highest BCUT2D eigenvalue weighted by atomic mass is 16.5. The first-order valence-corrected chi connectivity index (χ1v) is 47.1. The zero-order valence-electron chi connectivity index (χ0n) is 77.3. The van der Waals surface area contributed by atoms with Crippen molar-refractivity contribution in [2.75, 3.05) is 36.8 Å². The molecule has 2 heterocycles. The molecule has 0 saturated heterocycles. The van der Waals surface area contributed by atoms with Crippen molar-refractivity contribution in [1.29, 1.82) is 0 Å². The molecule has 0 spiro atoms. The number of hydrogen-bond donors (Lipinski definition) is 16. The van der Waals surface area contributed by atoms with Crippen molar-refractivity contribution in [3.63, 3.8) is 0 Å². The number of unbranched alkanes of at least 4 members (excludes halogenated alkanes) is 9. The topological polar surface area (TPSA) is 466 Å². The van der Waals surface area contributed by atoms with Crippen molar-refractivity contribution >= 4 is 94.1 Å². The van der Waals surface area contributed by atoms with E-state index in [9.17, 15) is 77.3 Å². The maximum Gasteiger partial charge on any atom is 0.261 e. The van der Waals surface area contributed by atoms with Crippen LogP contribution in [0.3, 0.4) is 0 Å². The van der Waals surface area contributed by atoms with Gasteiger partial charge in [-0.3, -0.25) is 67.1 Å². The second-order valence-electron chi connectivity index (χ2n) is 34.5. The van der Waals surface area contributed by atoms with Crippen LogP contribution >= 0.6 is 0 Å². The minimum atomic E-state index is -2.19. The Kier molecular flexibility index (Phi) is 42.0. The average Bonchev–Trinajstić information content (AvgIpc) is 1.61. The number of nitrogens with one attached hydrogen (secondary N) is 14. The van der Waals surface area contributed by atoms with Gasteiger partial charge in [-0.1, -0.05) is 208 Å². The van der Waals surface area contributed by atoms with Crippen LogP contribution in [0.5, 0.6) is 11.5 Å². The molecule has 0 bridgehead atoms. The Balaban J connectivity index is 0.550. The molecular weight excluding hydrogens is 1730 g/mol. The molecule has 8 aromatic carbocycles. The van der Waals surface area contributed by atoms with E-state index >= 15 is 0 Å². The molecule has 0 aromatic heterocycles. The maximum absolute atomic E-state index is 14.2. The molecule has 2 aliphatic rings. The molecule has 16 N–H and O–H groups in total. The largest absolute Gasteiger partial charge is 0.489 e.